The quantitative estimate of drug-likeness (QED) is 0.818. The van der Waals surface area contributed by atoms with Crippen molar-refractivity contribution in [2.75, 3.05) is 26.2 Å². The molecule has 1 aromatic rings. The summed E-state index contributed by atoms with van der Waals surface area (Å²) in [5.74, 6) is 0.768. The van der Waals surface area contributed by atoms with Crippen molar-refractivity contribution in [2.24, 2.45) is 5.92 Å². The van der Waals surface area contributed by atoms with Gasteiger partial charge in [-0.15, -0.1) is 0 Å². The molecule has 1 aromatic carbocycles. The van der Waals surface area contributed by atoms with E-state index in [0.717, 1.165) is 32.0 Å². The summed E-state index contributed by atoms with van der Waals surface area (Å²) in [6.45, 7) is 6.05. The number of sulfonamides is 1. The summed E-state index contributed by atoms with van der Waals surface area (Å²) in [5, 5.41) is 0. The fourth-order valence-corrected chi connectivity index (χ4v) is 3.78. The molecule has 1 heterocycles. The van der Waals surface area contributed by atoms with E-state index in [1.807, 2.05) is 6.07 Å². The number of likely N-dealkylation sites (tertiary alicyclic amines) is 1. The van der Waals surface area contributed by atoms with Gasteiger partial charge in [-0.1, -0.05) is 25.1 Å². The van der Waals surface area contributed by atoms with Gasteiger partial charge in [0.1, 0.15) is 0 Å². The molecule has 4 nitrogen and oxygen atoms in total. The molecule has 1 unspecified atom stereocenters. The van der Waals surface area contributed by atoms with Crippen molar-refractivity contribution in [1.82, 2.24) is 9.62 Å². The van der Waals surface area contributed by atoms with Crippen LogP contribution < -0.4 is 4.72 Å². The molecule has 0 aliphatic carbocycles. The summed E-state index contributed by atoms with van der Waals surface area (Å²) < 4.78 is 26.7. The molecule has 20 heavy (non-hydrogen) atoms. The maximum Gasteiger partial charge on any atom is 0.240 e. The maximum absolute atomic E-state index is 12.0. The van der Waals surface area contributed by atoms with Crippen molar-refractivity contribution in [3.8, 4) is 0 Å². The number of nitrogens with one attached hydrogen (secondary N) is 1. The van der Waals surface area contributed by atoms with Crippen LogP contribution in [0.3, 0.4) is 0 Å². The molecule has 5 heteroatoms. The van der Waals surface area contributed by atoms with Gasteiger partial charge in [-0.25, -0.2) is 13.1 Å². The van der Waals surface area contributed by atoms with Crippen molar-refractivity contribution in [3.05, 3.63) is 30.3 Å². The summed E-state index contributed by atoms with van der Waals surface area (Å²) in [6, 6.07) is 8.53. The molecule has 0 radical (unpaired) electrons. The molecule has 112 valence electrons. The second kappa shape index (κ2) is 7.20. The van der Waals surface area contributed by atoms with Crippen molar-refractivity contribution >= 4 is 10.0 Å². The summed E-state index contributed by atoms with van der Waals surface area (Å²) in [7, 11) is -3.34. The van der Waals surface area contributed by atoms with Crippen LogP contribution in [0, 0.1) is 5.92 Å². The van der Waals surface area contributed by atoms with Crippen LogP contribution in [0.4, 0.5) is 0 Å². The van der Waals surface area contributed by atoms with E-state index in [2.05, 4.69) is 16.5 Å². The highest BCUT2D eigenvalue weighted by atomic mass is 32.2. The van der Waals surface area contributed by atoms with Gasteiger partial charge in [0.2, 0.25) is 10.0 Å². The Morgan fingerprint density at radius 3 is 2.75 bits per heavy atom. The smallest absolute Gasteiger partial charge is 0.240 e. The highest BCUT2D eigenvalue weighted by Crippen LogP contribution is 2.15. The van der Waals surface area contributed by atoms with Crippen LogP contribution in [0.1, 0.15) is 26.2 Å². The number of piperidine rings is 1. The zero-order chi connectivity index (χ0) is 14.4. The van der Waals surface area contributed by atoms with Gasteiger partial charge in [-0.05, 0) is 50.4 Å². The Morgan fingerprint density at radius 1 is 1.30 bits per heavy atom. The van der Waals surface area contributed by atoms with Gasteiger partial charge in [0, 0.05) is 13.1 Å². The first kappa shape index (κ1) is 15.5. The van der Waals surface area contributed by atoms with Gasteiger partial charge in [-0.3, -0.25) is 0 Å². The fraction of sp³-hybridized carbons (Fsp3) is 0.600. The Hall–Kier alpha value is -0.910. The van der Waals surface area contributed by atoms with E-state index in [4.69, 9.17) is 0 Å². The average Bonchev–Trinajstić information content (AvgIpc) is 2.45. The Labute approximate surface area is 122 Å². The topological polar surface area (TPSA) is 49.4 Å². The third-order valence-corrected chi connectivity index (χ3v) is 5.21. The second-order valence-electron chi connectivity index (χ2n) is 5.61. The summed E-state index contributed by atoms with van der Waals surface area (Å²) in [6.07, 6.45) is 3.44. The lowest BCUT2D eigenvalue weighted by atomic mass is 10.0. The van der Waals surface area contributed by atoms with Crippen LogP contribution in [0.2, 0.25) is 0 Å². The zero-order valence-corrected chi connectivity index (χ0v) is 12.9. The van der Waals surface area contributed by atoms with E-state index in [0.29, 0.717) is 11.4 Å². The number of rotatable bonds is 6. The molecule has 1 atom stereocenters. The standard InChI is InChI=1S/C15H24N2O2S/c1-14-7-5-11-17(13-14)12-6-10-16-20(18,19)15-8-3-2-4-9-15/h2-4,8-9,14,16H,5-7,10-13H2,1H3. The molecule has 1 aliphatic rings. The predicted octanol–water partition coefficient (Wildman–Crippen LogP) is 2.09. The van der Waals surface area contributed by atoms with E-state index in [1.165, 1.54) is 12.8 Å². The highest BCUT2D eigenvalue weighted by molar-refractivity contribution is 7.89. The largest absolute Gasteiger partial charge is 0.303 e. The minimum atomic E-state index is -3.34. The van der Waals surface area contributed by atoms with Crippen LogP contribution in [0.5, 0.6) is 0 Å². The van der Waals surface area contributed by atoms with Crippen LogP contribution in [-0.4, -0.2) is 39.5 Å². The maximum atomic E-state index is 12.0. The third kappa shape index (κ3) is 4.58. The zero-order valence-electron chi connectivity index (χ0n) is 12.1. The second-order valence-corrected chi connectivity index (χ2v) is 7.38. The SMILES string of the molecule is CC1CCCN(CCCNS(=O)(=O)c2ccccc2)C1. The van der Waals surface area contributed by atoms with E-state index >= 15 is 0 Å². The van der Waals surface area contributed by atoms with Gasteiger partial charge >= 0.3 is 0 Å². The number of nitrogens with zero attached hydrogens (tertiary/aromatic N) is 1. The van der Waals surface area contributed by atoms with E-state index in [-0.39, 0.29) is 0 Å². The Bertz CT molecular complexity index is 502. The lowest BCUT2D eigenvalue weighted by Crippen LogP contribution is -2.36. The summed E-state index contributed by atoms with van der Waals surface area (Å²) in [5.41, 5.74) is 0. The first-order valence-corrected chi connectivity index (χ1v) is 8.83. The van der Waals surface area contributed by atoms with Gasteiger partial charge in [0.25, 0.3) is 0 Å². The van der Waals surface area contributed by atoms with Crippen LogP contribution in [0.25, 0.3) is 0 Å². The molecule has 1 aliphatic heterocycles. The molecule has 2 rings (SSSR count). The van der Waals surface area contributed by atoms with E-state index in [9.17, 15) is 8.42 Å². The minimum Gasteiger partial charge on any atom is -0.303 e. The molecular weight excluding hydrogens is 272 g/mol. The molecule has 1 N–H and O–H groups in total. The van der Waals surface area contributed by atoms with Gasteiger partial charge < -0.3 is 4.90 Å². The van der Waals surface area contributed by atoms with Gasteiger partial charge in [-0.2, -0.15) is 0 Å². The third-order valence-electron chi connectivity index (χ3n) is 3.74. The minimum absolute atomic E-state index is 0.339. The normalized spacial score (nSPS) is 20.9. The van der Waals surface area contributed by atoms with Crippen molar-refractivity contribution in [1.29, 1.82) is 0 Å². The highest BCUT2D eigenvalue weighted by Gasteiger charge is 2.16. The van der Waals surface area contributed by atoms with Crippen LogP contribution >= 0.6 is 0 Å². The first-order chi connectivity index (χ1) is 9.58. The molecule has 0 spiro atoms. The summed E-state index contributed by atoms with van der Waals surface area (Å²) in [4.78, 5) is 2.77. The lowest BCUT2D eigenvalue weighted by Gasteiger charge is -2.30. The molecule has 0 bridgehead atoms. The number of benzene rings is 1. The average molecular weight is 296 g/mol. The molecule has 0 saturated carbocycles. The number of hydrogen-bond acceptors (Lipinski definition) is 3. The molecule has 0 aromatic heterocycles. The monoisotopic (exact) mass is 296 g/mol. The lowest BCUT2D eigenvalue weighted by molar-refractivity contribution is 0.182. The fourth-order valence-electron chi connectivity index (χ4n) is 2.68. The van der Waals surface area contributed by atoms with Gasteiger partial charge in [0.15, 0.2) is 0 Å². The summed E-state index contributed by atoms with van der Waals surface area (Å²) >= 11 is 0. The first-order valence-electron chi connectivity index (χ1n) is 7.35. The molecule has 1 fully saturated rings. The van der Waals surface area contributed by atoms with E-state index in [1.54, 1.807) is 24.3 Å². The van der Waals surface area contributed by atoms with Crippen molar-refractivity contribution < 1.29 is 8.42 Å². The van der Waals surface area contributed by atoms with Crippen LogP contribution in [0.15, 0.2) is 35.2 Å². The Kier molecular flexibility index (Phi) is 5.57. The van der Waals surface area contributed by atoms with Crippen molar-refractivity contribution in [2.45, 2.75) is 31.1 Å². The Morgan fingerprint density at radius 2 is 2.05 bits per heavy atom. The predicted molar refractivity (Wildman–Crippen MR) is 81.1 cm³/mol. The Balaban J connectivity index is 1.73. The molecule has 1 saturated heterocycles. The van der Waals surface area contributed by atoms with Crippen LogP contribution in [-0.2, 0) is 10.0 Å². The molecule has 0 amide bonds. The number of hydrogen-bond donors (Lipinski definition) is 1. The van der Waals surface area contributed by atoms with Crippen molar-refractivity contribution in [3.63, 3.8) is 0 Å². The van der Waals surface area contributed by atoms with E-state index < -0.39 is 10.0 Å². The molecular formula is C15H24N2O2S. The van der Waals surface area contributed by atoms with Gasteiger partial charge in [0.05, 0.1) is 4.90 Å².